The van der Waals surface area contributed by atoms with Gasteiger partial charge in [0, 0.05) is 13.5 Å². The van der Waals surface area contributed by atoms with E-state index in [9.17, 15) is 4.79 Å². The molecule has 0 rings (SSSR count). The molecule has 2 nitrogen and oxygen atoms in total. The van der Waals surface area contributed by atoms with E-state index in [0.29, 0.717) is 12.5 Å². The van der Waals surface area contributed by atoms with E-state index >= 15 is 0 Å². The number of hydrogen-bond acceptors (Lipinski definition) is 2. The predicted octanol–water partition coefficient (Wildman–Crippen LogP) is 2.17. The minimum absolute atomic E-state index is 0.292. The van der Waals surface area contributed by atoms with Crippen LogP contribution in [0, 0.1) is 0 Å². The van der Waals surface area contributed by atoms with Crippen LogP contribution >= 0.6 is 0 Å². The molecule has 0 bridgehead atoms. The van der Waals surface area contributed by atoms with Gasteiger partial charge in [-0.15, -0.1) is 0 Å². The van der Waals surface area contributed by atoms with E-state index in [4.69, 9.17) is 4.74 Å². The maximum atomic E-state index is 10.0. The van der Waals surface area contributed by atoms with Crippen LogP contribution in [0.4, 0.5) is 0 Å². The summed E-state index contributed by atoms with van der Waals surface area (Å²) in [6, 6.07) is 0. The lowest BCUT2D eigenvalue weighted by atomic mass is 10.1. The second-order valence-corrected chi connectivity index (χ2v) is 2.74. The van der Waals surface area contributed by atoms with Gasteiger partial charge in [-0.25, -0.2) is 0 Å². The van der Waals surface area contributed by atoms with Crippen LogP contribution in [0.1, 0.15) is 39.0 Å². The van der Waals surface area contributed by atoms with Crippen molar-refractivity contribution in [1.29, 1.82) is 0 Å². The summed E-state index contributed by atoms with van der Waals surface area (Å²) in [5.74, 6) is 0. The zero-order valence-corrected chi connectivity index (χ0v) is 7.51. The van der Waals surface area contributed by atoms with Crippen LogP contribution in [0.25, 0.3) is 0 Å². The van der Waals surface area contributed by atoms with Crippen LogP contribution < -0.4 is 0 Å². The Balaban J connectivity index is 3.32. The van der Waals surface area contributed by atoms with Crippen LogP contribution in [0.3, 0.4) is 0 Å². The Labute approximate surface area is 68.9 Å². The van der Waals surface area contributed by atoms with Gasteiger partial charge in [0.05, 0.1) is 6.10 Å². The molecule has 0 spiro atoms. The Hall–Kier alpha value is -0.370. The van der Waals surface area contributed by atoms with Crippen molar-refractivity contribution < 1.29 is 9.53 Å². The molecule has 0 aliphatic heterocycles. The molecule has 0 aliphatic carbocycles. The summed E-state index contributed by atoms with van der Waals surface area (Å²) in [4.78, 5) is 10.0. The van der Waals surface area contributed by atoms with Crippen molar-refractivity contribution in [2.75, 3.05) is 7.11 Å². The van der Waals surface area contributed by atoms with E-state index in [-0.39, 0.29) is 0 Å². The summed E-state index contributed by atoms with van der Waals surface area (Å²) in [5, 5.41) is 0. The van der Waals surface area contributed by atoms with Crippen molar-refractivity contribution in [1.82, 2.24) is 0 Å². The third-order valence-corrected chi connectivity index (χ3v) is 1.82. The summed E-state index contributed by atoms with van der Waals surface area (Å²) < 4.78 is 5.20. The van der Waals surface area contributed by atoms with Crippen molar-refractivity contribution in [3.05, 3.63) is 0 Å². The van der Waals surface area contributed by atoms with Crippen LogP contribution in [-0.2, 0) is 9.53 Å². The normalized spacial score (nSPS) is 12.9. The number of carbonyl (C=O) groups is 1. The van der Waals surface area contributed by atoms with Gasteiger partial charge >= 0.3 is 0 Å². The van der Waals surface area contributed by atoms with E-state index in [1.807, 2.05) is 0 Å². The highest BCUT2D eigenvalue weighted by atomic mass is 16.5. The highest BCUT2D eigenvalue weighted by Gasteiger charge is 2.04. The fraction of sp³-hybridized carbons (Fsp3) is 0.889. The summed E-state index contributed by atoms with van der Waals surface area (Å²) >= 11 is 0. The Morgan fingerprint density at radius 1 is 1.45 bits per heavy atom. The van der Waals surface area contributed by atoms with Gasteiger partial charge in [0.1, 0.15) is 6.29 Å². The molecule has 0 fully saturated rings. The Bertz CT molecular complexity index is 91.6. The smallest absolute Gasteiger partial charge is 0.120 e. The van der Waals surface area contributed by atoms with Gasteiger partial charge in [0.25, 0.3) is 0 Å². The lowest BCUT2D eigenvalue weighted by molar-refractivity contribution is -0.108. The first kappa shape index (κ1) is 10.6. The number of ether oxygens (including phenoxy) is 1. The first-order valence-electron chi connectivity index (χ1n) is 4.31. The number of aldehydes is 1. The molecule has 0 aromatic carbocycles. The van der Waals surface area contributed by atoms with E-state index in [2.05, 4.69) is 6.92 Å². The van der Waals surface area contributed by atoms with Crippen molar-refractivity contribution in [3.8, 4) is 0 Å². The average molecular weight is 158 g/mol. The largest absolute Gasteiger partial charge is 0.381 e. The van der Waals surface area contributed by atoms with Crippen molar-refractivity contribution in [3.63, 3.8) is 0 Å². The molecule has 0 aromatic heterocycles. The number of methoxy groups -OCH3 is 1. The number of carbonyl (C=O) groups excluding carboxylic acids is 1. The zero-order valence-electron chi connectivity index (χ0n) is 7.51. The van der Waals surface area contributed by atoms with Crippen LogP contribution in [-0.4, -0.2) is 19.5 Å². The van der Waals surface area contributed by atoms with Crippen LogP contribution in [0.5, 0.6) is 0 Å². The van der Waals surface area contributed by atoms with E-state index < -0.39 is 0 Å². The molecule has 2 heteroatoms. The SMILES string of the molecule is CCCCC(CCC=O)OC. The molecule has 1 unspecified atom stereocenters. The fourth-order valence-electron chi connectivity index (χ4n) is 1.07. The fourth-order valence-corrected chi connectivity index (χ4v) is 1.07. The standard InChI is InChI=1S/C9H18O2/c1-3-4-6-9(11-2)7-5-8-10/h8-9H,3-7H2,1-2H3. The molecule has 1 atom stereocenters. The maximum absolute atomic E-state index is 10.0. The highest BCUT2D eigenvalue weighted by molar-refractivity contribution is 5.49. The molecule has 11 heavy (non-hydrogen) atoms. The summed E-state index contributed by atoms with van der Waals surface area (Å²) in [6.45, 7) is 2.16. The molecular weight excluding hydrogens is 140 g/mol. The summed E-state index contributed by atoms with van der Waals surface area (Å²) in [7, 11) is 1.71. The van der Waals surface area contributed by atoms with E-state index in [0.717, 1.165) is 19.1 Å². The monoisotopic (exact) mass is 158 g/mol. The van der Waals surface area contributed by atoms with Crippen LogP contribution in [0.15, 0.2) is 0 Å². The number of unbranched alkanes of at least 4 members (excludes halogenated alkanes) is 1. The lowest BCUT2D eigenvalue weighted by Crippen LogP contribution is -2.10. The van der Waals surface area contributed by atoms with Gasteiger partial charge in [0.15, 0.2) is 0 Å². The van der Waals surface area contributed by atoms with Gasteiger partial charge in [-0.05, 0) is 12.8 Å². The van der Waals surface area contributed by atoms with Gasteiger partial charge in [-0.1, -0.05) is 19.8 Å². The zero-order chi connectivity index (χ0) is 8.53. The predicted molar refractivity (Wildman–Crippen MR) is 45.6 cm³/mol. The van der Waals surface area contributed by atoms with Gasteiger partial charge in [-0.3, -0.25) is 0 Å². The van der Waals surface area contributed by atoms with Gasteiger partial charge < -0.3 is 9.53 Å². The molecular formula is C9H18O2. The van der Waals surface area contributed by atoms with Gasteiger partial charge in [0.2, 0.25) is 0 Å². The van der Waals surface area contributed by atoms with Crippen molar-refractivity contribution in [2.24, 2.45) is 0 Å². The maximum Gasteiger partial charge on any atom is 0.120 e. The van der Waals surface area contributed by atoms with E-state index in [1.54, 1.807) is 7.11 Å². The highest BCUT2D eigenvalue weighted by Crippen LogP contribution is 2.08. The molecule has 0 aromatic rings. The first-order valence-corrected chi connectivity index (χ1v) is 4.31. The Morgan fingerprint density at radius 3 is 2.64 bits per heavy atom. The topological polar surface area (TPSA) is 26.3 Å². The van der Waals surface area contributed by atoms with E-state index in [1.165, 1.54) is 12.8 Å². The quantitative estimate of drug-likeness (QED) is 0.531. The molecule has 0 N–H and O–H groups in total. The molecule has 0 aliphatic rings. The molecule has 0 saturated carbocycles. The van der Waals surface area contributed by atoms with Crippen molar-refractivity contribution >= 4 is 6.29 Å². The molecule has 0 amide bonds. The average Bonchev–Trinajstić information content (AvgIpc) is 2.05. The van der Waals surface area contributed by atoms with Gasteiger partial charge in [-0.2, -0.15) is 0 Å². The number of rotatable bonds is 7. The molecule has 0 radical (unpaired) electrons. The molecule has 0 saturated heterocycles. The summed E-state index contributed by atoms with van der Waals surface area (Å²) in [5.41, 5.74) is 0. The van der Waals surface area contributed by atoms with Crippen molar-refractivity contribution in [2.45, 2.75) is 45.1 Å². The molecule has 66 valence electrons. The summed E-state index contributed by atoms with van der Waals surface area (Å²) in [6.07, 6.45) is 6.22. The van der Waals surface area contributed by atoms with Crippen LogP contribution in [0.2, 0.25) is 0 Å². The third-order valence-electron chi connectivity index (χ3n) is 1.82. The second kappa shape index (κ2) is 7.73. The number of hydrogen-bond donors (Lipinski definition) is 0. The minimum Gasteiger partial charge on any atom is -0.381 e. The Morgan fingerprint density at radius 2 is 2.18 bits per heavy atom. The second-order valence-electron chi connectivity index (χ2n) is 2.74. The Kier molecular flexibility index (Phi) is 7.47. The minimum atomic E-state index is 0.292. The lowest BCUT2D eigenvalue weighted by Gasteiger charge is -2.12. The first-order chi connectivity index (χ1) is 5.35. The molecule has 0 heterocycles. The third kappa shape index (κ3) is 6.05.